The van der Waals surface area contributed by atoms with E-state index in [1.807, 2.05) is 18.2 Å². The topological polar surface area (TPSA) is 56.2 Å². The van der Waals surface area contributed by atoms with Crippen LogP contribution in [0.3, 0.4) is 0 Å². The Kier molecular flexibility index (Phi) is 8.90. The van der Waals surface area contributed by atoms with Crippen molar-refractivity contribution in [1.82, 2.24) is 4.90 Å². The maximum Gasteiger partial charge on any atom is 0.119 e. The van der Waals surface area contributed by atoms with Crippen LogP contribution in [0.4, 0.5) is 5.69 Å². The molecule has 214 valence electrons. The van der Waals surface area contributed by atoms with Gasteiger partial charge in [-0.1, -0.05) is 51.0 Å². The number of rotatable bonds is 9. The van der Waals surface area contributed by atoms with Crippen LogP contribution in [0.5, 0.6) is 17.2 Å². The second kappa shape index (κ2) is 12.6. The summed E-state index contributed by atoms with van der Waals surface area (Å²) in [6, 6.07) is 20.2. The van der Waals surface area contributed by atoms with Crippen LogP contribution < -0.4 is 9.64 Å². The number of anilines is 1. The van der Waals surface area contributed by atoms with Crippen molar-refractivity contribution in [2.75, 3.05) is 44.7 Å². The highest BCUT2D eigenvalue weighted by Crippen LogP contribution is 2.50. The highest BCUT2D eigenvalue weighted by Gasteiger charge is 2.38. The third-order valence-electron chi connectivity index (χ3n) is 9.19. The first-order chi connectivity index (χ1) is 19.3. The molecular weight excluding hydrogens is 496 g/mol. The Morgan fingerprint density at radius 1 is 0.900 bits per heavy atom. The summed E-state index contributed by atoms with van der Waals surface area (Å²) in [4.78, 5) is 4.81. The van der Waals surface area contributed by atoms with E-state index in [0.29, 0.717) is 17.4 Å². The second-order valence-electron chi connectivity index (χ2n) is 12.3. The highest BCUT2D eigenvalue weighted by molar-refractivity contribution is 5.60. The molecular formula is C35H46N2O3. The van der Waals surface area contributed by atoms with Crippen LogP contribution in [0.15, 0.2) is 60.7 Å². The van der Waals surface area contributed by atoms with Gasteiger partial charge in [0, 0.05) is 31.9 Å². The van der Waals surface area contributed by atoms with Crippen molar-refractivity contribution in [2.24, 2.45) is 0 Å². The Balaban J connectivity index is 1.21. The number of phenols is 2. The predicted molar refractivity (Wildman–Crippen MR) is 164 cm³/mol. The molecule has 1 atom stereocenters. The van der Waals surface area contributed by atoms with E-state index in [0.717, 1.165) is 50.4 Å². The van der Waals surface area contributed by atoms with Gasteiger partial charge in [0.05, 0.1) is 0 Å². The van der Waals surface area contributed by atoms with Gasteiger partial charge in [0.1, 0.15) is 23.9 Å². The number of nitrogens with zero attached hydrogens (tertiary/aromatic N) is 2. The Labute approximate surface area is 240 Å². The molecule has 0 bridgehead atoms. The highest BCUT2D eigenvalue weighted by atomic mass is 16.5. The average molecular weight is 543 g/mol. The van der Waals surface area contributed by atoms with E-state index < -0.39 is 0 Å². The lowest BCUT2D eigenvalue weighted by Crippen LogP contribution is -2.34. The Morgan fingerprint density at radius 3 is 2.35 bits per heavy atom. The number of aromatic hydroxyl groups is 2. The van der Waals surface area contributed by atoms with E-state index in [2.05, 4.69) is 67.1 Å². The van der Waals surface area contributed by atoms with Crippen LogP contribution in [-0.2, 0) is 18.3 Å². The number of likely N-dealkylation sites (tertiary alicyclic amines) is 1. The minimum atomic E-state index is -0.0864. The maximum absolute atomic E-state index is 10.4. The molecule has 0 spiro atoms. The van der Waals surface area contributed by atoms with Crippen molar-refractivity contribution < 1.29 is 14.9 Å². The first kappa shape index (κ1) is 28.4. The van der Waals surface area contributed by atoms with Gasteiger partial charge in [-0.15, -0.1) is 0 Å². The molecule has 2 N–H and O–H groups in total. The smallest absolute Gasteiger partial charge is 0.119 e. The normalized spacial score (nSPS) is 19.0. The molecule has 1 fully saturated rings. The summed E-state index contributed by atoms with van der Waals surface area (Å²) in [5, 5.41) is 20.4. The van der Waals surface area contributed by atoms with E-state index >= 15 is 0 Å². The lowest BCUT2D eigenvalue weighted by Gasteiger charge is -2.42. The van der Waals surface area contributed by atoms with Crippen LogP contribution in [0, 0.1) is 0 Å². The molecule has 40 heavy (non-hydrogen) atoms. The van der Waals surface area contributed by atoms with Gasteiger partial charge in [-0.3, -0.25) is 4.90 Å². The summed E-state index contributed by atoms with van der Waals surface area (Å²) < 4.78 is 6.05. The van der Waals surface area contributed by atoms with Crippen molar-refractivity contribution in [3.63, 3.8) is 0 Å². The Hall–Kier alpha value is -3.18. The zero-order valence-corrected chi connectivity index (χ0v) is 24.5. The predicted octanol–water partition coefficient (Wildman–Crippen LogP) is 7.04. The number of benzene rings is 3. The van der Waals surface area contributed by atoms with Gasteiger partial charge in [0.2, 0.25) is 0 Å². The molecule has 1 unspecified atom stereocenters. The van der Waals surface area contributed by atoms with Gasteiger partial charge in [-0.25, -0.2) is 0 Å². The zero-order valence-electron chi connectivity index (χ0n) is 24.5. The van der Waals surface area contributed by atoms with Crippen molar-refractivity contribution in [1.29, 1.82) is 0 Å². The van der Waals surface area contributed by atoms with Crippen molar-refractivity contribution >= 4 is 5.69 Å². The minimum absolute atomic E-state index is 0.0864. The zero-order chi connectivity index (χ0) is 28.1. The van der Waals surface area contributed by atoms with Gasteiger partial charge in [-0.2, -0.15) is 0 Å². The van der Waals surface area contributed by atoms with Crippen LogP contribution in [0.1, 0.15) is 74.1 Å². The average Bonchev–Trinajstić information content (AvgIpc) is 3.21. The van der Waals surface area contributed by atoms with Crippen molar-refractivity contribution in [2.45, 2.75) is 70.1 Å². The molecule has 1 saturated heterocycles. The largest absolute Gasteiger partial charge is 0.508 e. The van der Waals surface area contributed by atoms with E-state index in [-0.39, 0.29) is 5.41 Å². The van der Waals surface area contributed by atoms with Crippen molar-refractivity contribution in [3.8, 4) is 17.2 Å². The molecule has 0 radical (unpaired) electrons. The fourth-order valence-electron chi connectivity index (χ4n) is 6.79. The number of fused-ring (bicyclic) bond motifs is 1. The summed E-state index contributed by atoms with van der Waals surface area (Å²) in [5.74, 6) is 1.89. The third-order valence-corrected chi connectivity index (χ3v) is 9.19. The molecule has 0 amide bonds. The maximum atomic E-state index is 10.4. The molecule has 3 aromatic carbocycles. The molecule has 2 aliphatic rings. The first-order valence-electron chi connectivity index (χ1n) is 15.1. The summed E-state index contributed by atoms with van der Waals surface area (Å²) in [7, 11) is 2.13. The molecule has 0 aromatic heterocycles. The molecule has 1 aliphatic carbocycles. The summed E-state index contributed by atoms with van der Waals surface area (Å²) in [5.41, 5.74) is 6.10. The minimum Gasteiger partial charge on any atom is -0.508 e. The monoisotopic (exact) mass is 542 g/mol. The fraction of sp³-hybridized carbons (Fsp3) is 0.486. The number of aryl methyl sites for hydroxylation is 1. The molecule has 1 aliphatic heterocycles. The Morgan fingerprint density at radius 2 is 1.60 bits per heavy atom. The molecule has 5 nitrogen and oxygen atoms in total. The summed E-state index contributed by atoms with van der Waals surface area (Å²) >= 11 is 0. The number of hydrogen-bond acceptors (Lipinski definition) is 5. The van der Waals surface area contributed by atoms with Crippen LogP contribution in [-0.4, -0.2) is 54.9 Å². The van der Waals surface area contributed by atoms with Crippen molar-refractivity contribution in [3.05, 3.63) is 82.9 Å². The standard InChI is InChI=1S/C35H46N2O3/c1-35(2)32-17-12-28(38)24-27(32)10-16-33(35)31-15-11-29(39)25-34(31)36(3)21-18-26-8-13-30(14-9-26)40-23-22-37-19-6-4-5-7-20-37/h8-9,11-15,17,24-25,33,38-39H,4-7,10,16,18-23H2,1-3H3. The molecule has 3 aromatic rings. The SMILES string of the molecule is CN(CCc1ccc(OCCN2CCCCCC2)cc1)c1cc(O)ccc1C1CCc2cc(O)ccc2C1(C)C. The number of phenolic OH excluding ortho intramolecular Hbond substituents is 2. The third kappa shape index (κ3) is 6.58. The lowest BCUT2D eigenvalue weighted by molar-refractivity contribution is 0.214. The number of hydrogen-bond donors (Lipinski definition) is 2. The van der Waals surface area contributed by atoms with Gasteiger partial charge >= 0.3 is 0 Å². The summed E-state index contributed by atoms with van der Waals surface area (Å²) in [6.45, 7) is 9.61. The first-order valence-corrected chi connectivity index (χ1v) is 15.1. The van der Waals surface area contributed by atoms with E-state index in [1.54, 1.807) is 6.07 Å². The molecule has 5 heteroatoms. The summed E-state index contributed by atoms with van der Waals surface area (Å²) in [6.07, 6.45) is 8.20. The second-order valence-corrected chi connectivity index (χ2v) is 12.3. The fourth-order valence-corrected chi connectivity index (χ4v) is 6.79. The van der Waals surface area contributed by atoms with Gasteiger partial charge in [0.25, 0.3) is 0 Å². The van der Waals surface area contributed by atoms with Crippen LogP contribution >= 0.6 is 0 Å². The number of likely N-dealkylation sites (N-methyl/N-ethyl adjacent to an activating group) is 1. The van der Waals surface area contributed by atoms with E-state index in [4.69, 9.17) is 4.74 Å². The quantitative estimate of drug-likeness (QED) is 0.304. The van der Waals surface area contributed by atoms with Gasteiger partial charge in [0.15, 0.2) is 0 Å². The Bertz CT molecular complexity index is 1260. The number of ether oxygens (including phenoxy) is 1. The molecule has 1 heterocycles. The molecule has 0 saturated carbocycles. The van der Waals surface area contributed by atoms with Gasteiger partial charge < -0.3 is 19.8 Å². The van der Waals surface area contributed by atoms with Gasteiger partial charge in [-0.05, 0) is 109 Å². The lowest BCUT2D eigenvalue weighted by atomic mass is 9.63. The van der Waals surface area contributed by atoms with E-state index in [9.17, 15) is 10.2 Å². The molecule has 5 rings (SSSR count). The van der Waals surface area contributed by atoms with E-state index in [1.165, 1.54) is 61.0 Å². The van der Waals surface area contributed by atoms with Crippen LogP contribution in [0.2, 0.25) is 0 Å². The van der Waals surface area contributed by atoms with Crippen LogP contribution in [0.25, 0.3) is 0 Å².